The second kappa shape index (κ2) is 6.10. The van der Waals surface area contributed by atoms with Crippen molar-refractivity contribution in [3.05, 3.63) is 78.1 Å². The summed E-state index contributed by atoms with van der Waals surface area (Å²) in [5.41, 5.74) is -1.36. The van der Waals surface area contributed by atoms with Crippen molar-refractivity contribution in [1.29, 1.82) is 0 Å². The van der Waals surface area contributed by atoms with E-state index in [1.165, 1.54) is 18.2 Å². The summed E-state index contributed by atoms with van der Waals surface area (Å²) in [5, 5.41) is 0. The highest BCUT2D eigenvalue weighted by atomic mass is 32.2. The van der Waals surface area contributed by atoms with Crippen LogP contribution in [0.3, 0.4) is 0 Å². The van der Waals surface area contributed by atoms with Gasteiger partial charge in [0.25, 0.3) is 0 Å². The van der Waals surface area contributed by atoms with E-state index in [4.69, 9.17) is 0 Å². The van der Waals surface area contributed by atoms with Crippen LogP contribution in [0.5, 0.6) is 0 Å². The first-order valence-corrected chi connectivity index (χ1v) is 10.5. The van der Waals surface area contributed by atoms with Crippen molar-refractivity contribution in [2.24, 2.45) is 0 Å². The van der Waals surface area contributed by atoms with Crippen LogP contribution in [-0.4, -0.2) is 8.42 Å². The lowest BCUT2D eigenvalue weighted by atomic mass is 10.2. The summed E-state index contributed by atoms with van der Waals surface area (Å²) in [6.45, 7) is 0. The second-order valence-corrected chi connectivity index (χ2v) is 9.69. The predicted molar refractivity (Wildman–Crippen MR) is 91.9 cm³/mol. The number of halogens is 4. The zero-order valence-electron chi connectivity index (χ0n) is 13.5. The summed E-state index contributed by atoms with van der Waals surface area (Å²) < 4.78 is 79.1. The van der Waals surface area contributed by atoms with Crippen molar-refractivity contribution >= 4 is 20.7 Å². The molecule has 0 unspecified atom stereocenters. The highest BCUT2D eigenvalue weighted by molar-refractivity contribution is 8.00. The van der Waals surface area contributed by atoms with Gasteiger partial charge >= 0.3 is 6.18 Å². The van der Waals surface area contributed by atoms with Gasteiger partial charge in [0.15, 0.2) is 14.7 Å². The first-order chi connectivity index (χ1) is 12.7. The Kier molecular flexibility index (Phi) is 4.08. The second-order valence-electron chi connectivity index (χ2n) is 5.84. The largest absolute Gasteiger partial charge is 0.419 e. The van der Waals surface area contributed by atoms with Gasteiger partial charge in [-0.3, -0.25) is 0 Å². The van der Waals surface area contributed by atoms with Gasteiger partial charge in [0.2, 0.25) is 9.84 Å². The number of sulfone groups is 1. The minimum Gasteiger partial charge on any atom is -0.218 e. The molecule has 138 valence electrons. The van der Waals surface area contributed by atoms with Gasteiger partial charge < -0.3 is 0 Å². The minimum absolute atomic E-state index is 0.0601. The number of rotatable bonds is 1. The quantitative estimate of drug-likeness (QED) is 0.323. The standard InChI is InChI=1S/C19H11F4O2S2/c20-14-10-9-12(11-13(14)19(21,22)23)26-15-5-1-3-7-17(15)27(24,25)18-8-4-2-6-16(18)26/h1-11H/q+1. The van der Waals surface area contributed by atoms with Crippen LogP contribution in [0.4, 0.5) is 17.6 Å². The maximum atomic E-state index is 13.7. The Hall–Kier alpha value is -2.32. The third kappa shape index (κ3) is 2.83. The van der Waals surface area contributed by atoms with Crippen LogP contribution in [0.2, 0.25) is 0 Å². The summed E-state index contributed by atoms with van der Waals surface area (Å²) in [6.07, 6.45) is -4.84. The molecule has 3 aromatic carbocycles. The van der Waals surface area contributed by atoms with E-state index in [1.807, 2.05) is 0 Å². The van der Waals surface area contributed by atoms with E-state index < -0.39 is 38.3 Å². The van der Waals surface area contributed by atoms with Crippen LogP contribution in [0.15, 0.2) is 91.2 Å². The molecule has 0 fully saturated rings. The molecule has 3 aromatic rings. The third-order valence-corrected chi connectivity index (χ3v) is 8.64. The maximum Gasteiger partial charge on any atom is 0.419 e. The van der Waals surface area contributed by atoms with Crippen LogP contribution in [0, 0.1) is 5.82 Å². The van der Waals surface area contributed by atoms with Gasteiger partial charge in [-0.1, -0.05) is 24.3 Å². The van der Waals surface area contributed by atoms with Crippen LogP contribution in [-0.2, 0) is 26.9 Å². The molecule has 0 radical (unpaired) electrons. The zero-order chi connectivity index (χ0) is 19.4. The molecule has 0 atom stereocenters. The minimum atomic E-state index is -4.84. The van der Waals surface area contributed by atoms with Crippen molar-refractivity contribution in [2.75, 3.05) is 0 Å². The zero-order valence-corrected chi connectivity index (χ0v) is 15.1. The van der Waals surface area contributed by atoms with Gasteiger partial charge in [-0.15, -0.1) is 0 Å². The molecule has 0 N–H and O–H groups in total. The Bertz CT molecular complexity index is 1100. The first kappa shape index (κ1) is 18.1. The molecule has 0 saturated carbocycles. The Morgan fingerprint density at radius 1 is 0.778 bits per heavy atom. The summed E-state index contributed by atoms with van der Waals surface area (Å²) in [4.78, 5) is 1.13. The van der Waals surface area contributed by atoms with E-state index >= 15 is 0 Å². The highest BCUT2D eigenvalue weighted by Crippen LogP contribution is 2.45. The lowest BCUT2D eigenvalue weighted by Crippen LogP contribution is -2.21. The molecule has 27 heavy (non-hydrogen) atoms. The molecule has 0 aromatic heterocycles. The molecule has 1 heterocycles. The van der Waals surface area contributed by atoms with Gasteiger partial charge in [-0.05, 0) is 36.4 Å². The molecule has 4 rings (SSSR count). The fourth-order valence-electron chi connectivity index (χ4n) is 3.02. The van der Waals surface area contributed by atoms with Crippen molar-refractivity contribution in [3.8, 4) is 0 Å². The normalized spacial score (nSPS) is 15.9. The van der Waals surface area contributed by atoms with Gasteiger partial charge in [0.1, 0.15) is 26.5 Å². The van der Waals surface area contributed by atoms with Crippen molar-refractivity contribution in [2.45, 2.75) is 30.7 Å². The summed E-state index contributed by atoms with van der Waals surface area (Å²) in [5.74, 6) is -1.36. The van der Waals surface area contributed by atoms with E-state index in [-0.39, 0.29) is 14.7 Å². The highest BCUT2D eigenvalue weighted by Gasteiger charge is 2.46. The Morgan fingerprint density at radius 3 is 1.81 bits per heavy atom. The van der Waals surface area contributed by atoms with Gasteiger partial charge in [-0.25, -0.2) is 12.8 Å². The number of benzene rings is 3. The van der Waals surface area contributed by atoms with Crippen LogP contribution in [0.25, 0.3) is 0 Å². The third-order valence-electron chi connectivity index (χ3n) is 4.20. The van der Waals surface area contributed by atoms with Crippen LogP contribution >= 0.6 is 0 Å². The van der Waals surface area contributed by atoms with E-state index in [2.05, 4.69) is 0 Å². The summed E-state index contributed by atoms with van der Waals surface area (Å²) >= 11 is 0. The van der Waals surface area contributed by atoms with E-state index in [0.29, 0.717) is 9.79 Å². The van der Waals surface area contributed by atoms with Gasteiger partial charge in [0.05, 0.1) is 5.56 Å². The number of hydrogen-bond donors (Lipinski definition) is 0. The monoisotopic (exact) mass is 411 g/mol. The molecule has 0 amide bonds. The van der Waals surface area contributed by atoms with Gasteiger partial charge in [0, 0.05) is 6.07 Å². The predicted octanol–water partition coefficient (Wildman–Crippen LogP) is 5.09. The summed E-state index contributed by atoms with van der Waals surface area (Å²) in [6, 6.07) is 15.3. The topological polar surface area (TPSA) is 34.1 Å². The van der Waals surface area contributed by atoms with Crippen molar-refractivity contribution in [3.63, 3.8) is 0 Å². The lowest BCUT2D eigenvalue weighted by molar-refractivity contribution is -0.140. The van der Waals surface area contributed by atoms with Crippen LogP contribution < -0.4 is 0 Å². The molecule has 0 saturated heterocycles. The average molecular weight is 411 g/mol. The maximum absolute atomic E-state index is 13.7. The molecule has 1 aliphatic rings. The van der Waals surface area contributed by atoms with Crippen molar-refractivity contribution in [1.82, 2.24) is 0 Å². The number of hydrogen-bond acceptors (Lipinski definition) is 2. The van der Waals surface area contributed by atoms with E-state index in [0.717, 1.165) is 12.1 Å². The molecule has 0 spiro atoms. The summed E-state index contributed by atoms with van der Waals surface area (Å²) in [7, 11) is -4.88. The molecular weight excluding hydrogens is 400 g/mol. The van der Waals surface area contributed by atoms with Crippen molar-refractivity contribution < 1.29 is 26.0 Å². The average Bonchev–Trinajstić information content (AvgIpc) is 2.62. The SMILES string of the molecule is O=S1(=O)c2ccccc2[S+](c2ccc(F)c(C(F)(F)F)c2)c2ccccc21. The Morgan fingerprint density at radius 2 is 1.30 bits per heavy atom. The molecular formula is C19H11F4O2S2+. The van der Waals surface area contributed by atoms with E-state index in [1.54, 1.807) is 36.4 Å². The Labute approximate surface area is 155 Å². The molecule has 8 heteroatoms. The molecule has 0 aliphatic carbocycles. The van der Waals surface area contributed by atoms with E-state index in [9.17, 15) is 26.0 Å². The van der Waals surface area contributed by atoms with Gasteiger partial charge in [-0.2, -0.15) is 13.2 Å². The lowest BCUT2D eigenvalue weighted by Gasteiger charge is -2.20. The fourth-order valence-corrected chi connectivity index (χ4v) is 7.75. The molecule has 2 nitrogen and oxygen atoms in total. The Balaban J connectivity index is 2.03. The number of fused-ring (bicyclic) bond motifs is 2. The number of alkyl halides is 3. The smallest absolute Gasteiger partial charge is 0.218 e. The molecule has 0 bridgehead atoms. The van der Waals surface area contributed by atoms with Crippen LogP contribution in [0.1, 0.15) is 5.56 Å². The molecule has 1 aliphatic heterocycles. The first-order valence-electron chi connectivity index (χ1n) is 7.75. The fraction of sp³-hybridized carbons (Fsp3) is 0.0526.